The molecule has 0 N–H and O–H groups in total. The van der Waals surface area contributed by atoms with Crippen LogP contribution in [-0.4, -0.2) is 4.92 Å². The summed E-state index contributed by atoms with van der Waals surface area (Å²) in [5, 5.41) is 18.4. The van der Waals surface area contributed by atoms with E-state index < -0.39 is 0 Å². The first-order valence-corrected chi connectivity index (χ1v) is 9.03. The first-order chi connectivity index (χ1) is 12.6. The van der Waals surface area contributed by atoms with Crippen molar-refractivity contribution in [1.82, 2.24) is 0 Å². The molecule has 0 spiro atoms. The average molecular weight is 402 g/mol. The molecule has 0 atom stereocenters. The number of rotatable bonds is 2. The Bertz CT molecular complexity index is 1310. The Hall–Kier alpha value is -2.98. The van der Waals surface area contributed by atoms with Crippen molar-refractivity contribution in [2.75, 3.05) is 0 Å². The highest BCUT2D eigenvalue weighted by Gasteiger charge is 2.17. The lowest BCUT2D eigenvalue weighted by Crippen LogP contribution is -1.92. The fourth-order valence-electron chi connectivity index (χ4n) is 3.82. The van der Waals surface area contributed by atoms with Gasteiger partial charge in [-0.2, -0.15) is 0 Å². The molecular weight excluding hydrogens is 390 g/mol. The Balaban J connectivity index is 1.90. The van der Waals surface area contributed by atoms with Gasteiger partial charge in [-0.3, -0.25) is 10.1 Å². The van der Waals surface area contributed by atoms with E-state index in [2.05, 4.69) is 52.3 Å². The summed E-state index contributed by atoms with van der Waals surface area (Å²) in [6, 6.07) is 23.6. The predicted molar refractivity (Wildman–Crippen MR) is 110 cm³/mol. The van der Waals surface area contributed by atoms with Gasteiger partial charge < -0.3 is 0 Å². The molecule has 0 saturated carbocycles. The van der Waals surface area contributed by atoms with Crippen molar-refractivity contribution in [3.05, 3.63) is 87.4 Å². The summed E-state index contributed by atoms with van der Waals surface area (Å²) >= 11 is 3.64. The minimum atomic E-state index is -0.323. The van der Waals surface area contributed by atoms with E-state index in [1.54, 1.807) is 12.1 Å². The number of hydrogen-bond acceptors (Lipinski definition) is 2. The molecular formula is C22H12BrNO2. The molecule has 5 aromatic rings. The summed E-state index contributed by atoms with van der Waals surface area (Å²) < 4.78 is 1.07. The van der Waals surface area contributed by atoms with Crippen molar-refractivity contribution in [1.29, 1.82) is 0 Å². The third-order valence-corrected chi connectivity index (χ3v) is 5.65. The molecule has 4 heteroatoms. The fourth-order valence-corrected chi connectivity index (χ4v) is 4.28. The molecule has 0 heterocycles. The van der Waals surface area contributed by atoms with Crippen LogP contribution in [0.5, 0.6) is 0 Å². The van der Waals surface area contributed by atoms with Gasteiger partial charge in [0, 0.05) is 10.5 Å². The van der Waals surface area contributed by atoms with Gasteiger partial charge in [0.25, 0.3) is 5.69 Å². The number of nitro groups is 1. The maximum atomic E-state index is 11.4. The number of hydrogen-bond donors (Lipinski definition) is 0. The number of benzene rings is 5. The number of nitrogens with zero attached hydrogens (tertiary/aromatic N) is 1. The second-order valence-electron chi connectivity index (χ2n) is 6.40. The molecule has 0 radical (unpaired) electrons. The van der Waals surface area contributed by atoms with Crippen LogP contribution in [0, 0.1) is 10.1 Å². The molecule has 0 bridgehead atoms. The van der Waals surface area contributed by atoms with E-state index in [0.29, 0.717) is 5.56 Å². The number of para-hydroxylation sites is 1. The minimum absolute atomic E-state index is 0.128. The van der Waals surface area contributed by atoms with Gasteiger partial charge in [-0.1, -0.05) is 58.4 Å². The Morgan fingerprint density at radius 2 is 1.42 bits per heavy atom. The van der Waals surface area contributed by atoms with Crippen molar-refractivity contribution in [3.8, 4) is 11.1 Å². The van der Waals surface area contributed by atoms with E-state index in [0.717, 1.165) is 20.8 Å². The van der Waals surface area contributed by atoms with Gasteiger partial charge in [-0.15, -0.1) is 0 Å². The lowest BCUT2D eigenvalue weighted by Gasteiger charge is -2.13. The van der Waals surface area contributed by atoms with Crippen molar-refractivity contribution in [3.63, 3.8) is 0 Å². The van der Waals surface area contributed by atoms with Gasteiger partial charge in [-0.05, 0) is 62.1 Å². The lowest BCUT2D eigenvalue weighted by molar-refractivity contribution is -0.384. The van der Waals surface area contributed by atoms with E-state index in [-0.39, 0.29) is 10.6 Å². The first kappa shape index (κ1) is 15.3. The molecule has 0 unspecified atom stereocenters. The van der Waals surface area contributed by atoms with Gasteiger partial charge >= 0.3 is 0 Å². The standard InChI is InChI=1S/C22H12BrNO2/c23-19-10-8-13-5-6-14-11-16(17-3-1-2-4-20(17)24(25)26)12-15-7-9-18(19)22(13)21(14)15/h1-12H. The zero-order chi connectivity index (χ0) is 17.8. The van der Waals surface area contributed by atoms with Gasteiger partial charge in [0.15, 0.2) is 0 Å². The van der Waals surface area contributed by atoms with Crippen molar-refractivity contribution in [2.24, 2.45) is 0 Å². The van der Waals surface area contributed by atoms with Crippen LogP contribution < -0.4 is 0 Å². The van der Waals surface area contributed by atoms with Crippen LogP contribution in [0.2, 0.25) is 0 Å². The van der Waals surface area contributed by atoms with Crippen LogP contribution >= 0.6 is 15.9 Å². The van der Waals surface area contributed by atoms with Crippen molar-refractivity contribution in [2.45, 2.75) is 0 Å². The smallest absolute Gasteiger partial charge is 0.258 e. The Morgan fingerprint density at radius 3 is 2.19 bits per heavy atom. The van der Waals surface area contributed by atoms with Gasteiger partial charge in [0.1, 0.15) is 0 Å². The van der Waals surface area contributed by atoms with Crippen LogP contribution in [-0.2, 0) is 0 Å². The highest BCUT2D eigenvalue weighted by atomic mass is 79.9. The third kappa shape index (κ3) is 2.12. The van der Waals surface area contributed by atoms with Crippen LogP contribution in [0.4, 0.5) is 5.69 Å². The van der Waals surface area contributed by atoms with Crippen molar-refractivity contribution < 1.29 is 4.92 Å². The summed E-state index contributed by atoms with van der Waals surface area (Å²) in [5.74, 6) is 0. The Labute approximate surface area is 157 Å². The van der Waals surface area contributed by atoms with Crippen molar-refractivity contribution >= 4 is 53.9 Å². The molecule has 26 heavy (non-hydrogen) atoms. The summed E-state index contributed by atoms with van der Waals surface area (Å²) in [4.78, 5) is 11.1. The third-order valence-electron chi connectivity index (χ3n) is 4.96. The topological polar surface area (TPSA) is 43.1 Å². The second kappa shape index (κ2) is 5.51. The predicted octanol–water partition coefficient (Wildman–Crippen LogP) is 6.92. The van der Waals surface area contributed by atoms with Crippen LogP contribution in [0.1, 0.15) is 0 Å². The first-order valence-electron chi connectivity index (χ1n) is 8.24. The molecule has 124 valence electrons. The van der Waals surface area contributed by atoms with E-state index >= 15 is 0 Å². The normalized spacial score (nSPS) is 11.6. The highest BCUT2D eigenvalue weighted by molar-refractivity contribution is 9.10. The largest absolute Gasteiger partial charge is 0.277 e. The molecule has 3 nitrogen and oxygen atoms in total. The lowest BCUT2D eigenvalue weighted by atomic mass is 9.91. The molecule has 0 amide bonds. The van der Waals surface area contributed by atoms with Gasteiger partial charge in [-0.25, -0.2) is 0 Å². The van der Waals surface area contributed by atoms with E-state index in [1.807, 2.05) is 24.3 Å². The van der Waals surface area contributed by atoms with Crippen LogP contribution in [0.3, 0.4) is 0 Å². The molecule has 0 aliphatic heterocycles. The molecule has 5 rings (SSSR count). The van der Waals surface area contributed by atoms with E-state index in [9.17, 15) is 10.1 Å². The minimum Gasteiger partial charge on any atom is -0.258 e. The highest BCUT2D eigenvalue weighted by Crippen LogP contribution is 2.40. The maximum Gasteiger partial charge on any atom is 0.277 e. The van der Waals surface area contributed by atoms with E-state index in [1.165, 1.54) is 21.5 Å². The molecule has 0 fully saturated rings. The fraction of sp³-hybridized carbons (Fsp3) is 0. The monoisotopic (exact) mass is 401 g/mol. The molecule has 0 aliphatic carbocycles. The molecule has 0 saturated heterocycles. The maximum absolute atomic E-state index is 11.4. The average Bonchev–Trinajstić information content (AvgIpc) is 2.67. The quantitative estimate of drug-likeness (QED) is 0.183. The summed E-state index contributed by atoms with van der Waals surface area (Å²) in [6.45, 7) is 0. The number of nitro benzene ring substituents is 1. The molecule has 5 aromatic carbocycles. The van der Waals surface area contributed by atoms with Gasteiger partial charge in [0.2, 0.25) is 0 Å². The Kier molecular flexibility index (Phi) is 3.24. The molecule has 0 aliphatic rings. The number of halogens is 1. The van der Waals surface area contributed by atoms with Crippen LogP contribution in [0.25, 0.3) is 43.4 Å². The molecule has 0 aromatic heterocycles. The summed E-state index contributed by atoms with van der Waals surface area (Å²) in [7, 11) is 0. The Morgan fingerprint density at radius 1 is 0.769 bits per heavy atom. The zero-order valence-electron chi connectivity index (χ0n) is 13.6. The van der Waals surface area contributed by atoms with Gasteiger partial charge in [0.05, 0.1) is 10.5 Å². The van der Waals surface area contributed by atoms with Crippen LogP contribution in [0.15, 0.2) is 77.3 Å². The second-order valence-corrected chi connectivity index (χ2v) is 7.25. The zero-order valence-corrected chi connectivity index (χ0v) is 15.2. The SMILES string of the molecule is O=[N+]([O-])c1ccccc1-c1cc2ccc3ccc(Br)c4ccc(c1)c2c34. The summed E-state index contributed by atoms with van der Waals surface area (Å²) in [5.41, 5.74) is 1.63. The summed E-state index contributed by atoms with van der Waals surface area (Å²) in [6.07, 6.45) is 0. The van der Waals surface area contributed by atoms with E-state index in [4.69, 9.17) is 0 Å².